The number of carbonyl (C=O) groups excluding carboxylic acids is 3. The molecular weight excluding hydrogens is 444 g/mol. The molecular formula is C23H28N4O7. The predicted molar refractivity (Wildman–Crippen MR) is 120 cm³/mol. The zero-order chi connectivity index (χ0) is 24.9. The second-order valence-corrected chi connectivity index (χ2v) is 8.30. The smallest absolute Gasteiger partial charge is 0.253 e. The van der Waals surface area contributed by atoms with Crippen molar-refractivity contribution in [1.82, 2.24) is 15.6 Å². The van der Waals surface area contributed by atoms with Gasteiger partial charge in [-0.3, -0.25) is 19.4 Å². The van der Waals surface area contributed by atoms with Crippen molar-refractivity contribution in [3.8, 4) is 5.75 Å². The Labute approximate surface area is 196 Å². The van der Waals surface area contributed by atoms with E-state index in [1.165, 1.54) is 25.6 Å². The molecule has 3 amide bonds. The summed E-state index contributed by atoms with van der Waals surface area (Å²) in [7, 11) is 1.52. The van der Waals surface area contributed by atoms with Crippen molar-refractivity contribution < 1.29 is 34.4 Å². The highest BCUT2D eigenvalue weighted by Gasteiger charge is 2.49. The summed E-state index contributed by atoms with van der Waals surface area (Å²) < 4.78 is 5.09. The Morgan fingerprint density at radius 3 is 2.50 bits per heavy atom. The van der Waals surface area contributed by atoms with Crippen molar-refractivity contribution in [2.45, 2.75) is 49.2 Å². The Bertz CT molecular complexity index is 1020. The number of aromatic nitrogens is 1. The molecule has 1 saturated carbocycles. The first-order valence-corrected chi connectivity index (χ1v) is 10.7. The van der Waals surface area contributed by atoms with Crippen molar-refractivity contribution in [1.29, 1.82) is 0 Å². The highest BCUT2D eigenvalue weighted by atomic mass is 16.5. The molecule has 11 nitrogen and oxygen atoms in total. The monoisotopic (exact) mass is 472 g/mol. The second kappa shape index (κ2) is 10.6. The van der Waals surface area contributed by atoms with Crippen LogP contribution in [-0.2, 0) is 16.0 Å². The lowest BCUT2D eigenvalue weighted by Crippen LogP contribution is -2.64. The van der Waals surface area contributed by atoms with Gasteiger partial charge in [-0.25, -0.2) is 0 Å². The molecule has 1 heterocycles. The van der Waals surface area contributed by atoms with E-state index in [0.717, 1.165) is 0 Å². The molecule has 1 aliphatic rings. The standard InChI is InChI=1S/C23H28N4O7/c1-34-15-6-4-13(5-7-15)9-16(20(24)30)27-22(32)23(33)10-17(19(29)18(28)11-23)26-21(31)14-3-2-8-25-12-14/h2-8,12,16-19,28-29,33H,9-11H2,1H3,(H2,24,30)(H,26,31)(H,27,32)/t16-,17-,18+,19+,23-/m0/s1. The van der Waals surface area contributed by atoms with Crippen LogP contribution in [0.3, 0.4) is 0 Å². The van der Waals surface area contributed by atoms with Crippen LogP contribution in [0.4, 0.5) is 0 Å². The van der Waals surface area contributed by atoms with Crippen molar-refractivity contribution in [2.24, 2.45) is 5.73 Å². The number of ether oxygens (including phenoxy) is 1. The van der Waals surface area contributed by atoms with Gasteiger partial charge in [0.1, 0.15) is 23.5 Å². The summed E-state index contributed by atoms with van der Waals surface area (Å²) in [5, 5.41) is 36.6. The number of nitrogens with one attached hydrogen (secondary N) is 2. The summed E-state index contributed by atoms with van der Waals surface area (Å²) >= 11 is 0. The molecule has 0 spiro atoms. The molecule has 182 valence electrons. The summed E-state index contributed by atoms with van der Waals surface area (Å²) in [4.78, 5) is 41.3. The van der Waals surface area contributed by atoms with Crippen molar-refractivity contribution >= 4 is 17.7 Å². The van der Waals surface area contributed by atoms with Crippen LogP contribution in [0.1, 0.15) is 28.8 Å². The van der Waals surface area contributed by atoms with Gasteiger partial charge in [0.05, 0.1) is 24.8 Å². The van der Waals surface area contributed by atoms with Gasteiger partial charge in [-0.15, -0.1) is 0 Å². The first-order chi connectivity index (χ1) is 16.1. The number of aliphatic hydroxyl groups excluding tert-OH is 2. The maximum absolute atomic E-state index is 13.0. The van der Waals surface area contributed by atoms with Gasteiger partial charge in [0.15, 0.2) is 0 Å². The van der Waals surface area contributed by atoms with Crippen molar-refractivity contribution in [2.75, 3.05) is 7.11 Å². The number of nitrogens with two attached hydrogens (primary N) is 1. The van der Waals surface area contributed by atoms with E-state index in [9.17, 15) is 29.7 Å². The van der Waals surface area contributed by atoms with Crippen LogP contribution in [0.5, 0.6) is 5.75 Å². The molecule has 0 radical (unpaired) electrons. The van der Waals surface area contributed by atoms with Gasteiger partial charge in [0.25, 0.3) is 11.8 Å². The summed E-state index contributed by atoms with van der Waals surface area (Å²) in [5.74, 6) is -1.74. The molecule has 3 rings (SSSR count). The largest absolute Gasteiger partial charge is 0.497 e. The van der Waals surface area contributed by atoms with Crippen LogP contribution in [0.25, 0.3) is 0 Å². The SMILES string of the molecule is COc1ccc(C[C@H](NC(=O)[C@@]2(O)C[C@@H](O)[C@H](O)[C@@H](NC(=O)c3cccnc3)C2)C(N)=O)cc1. The van der Waals surface area contributed by atoms with E-state index in [4.69, 9.17) is 10.5 Å². The maximum atomic E-state index is 13.0. The fourth-order valence-electron chi connectivity index (χ4n) is 3.89. The van der Waals surface area contributed by atoms with Gasteiger partial charge in [0, 0.05) is 31.7 Å². The molecule has 1 aromatic heterocycles. The van der Waals surface area contributed by atoms with Crippen LogP contribution in [0.2, 0.25) is 0 Å². The molecule has 0 aliphatic heterocycles. The number of aliphatic hydroxyl groups is 3. The molecule has 34 heavy (non-hydrogen) atoms. The van der Waals surface area contributed by atoms with Gasteiger partial charge < -0.3 is 36.4 Å². The average Bonchev–Trinajstić information content (AvgIpc) is 2.82. The predicted octanol–water partition coefficient (Wildman–Crippen LogP) is -1.35. The first-order valence-electron chi connectivity index (χ1n) is 10.7. The van der Waals surface area contributed by atoms with E-state index in [2.05, 4.69) is 15.6 Å². The Kier molecular flexibility index (Phi) is 7.82. The third-order valence-electron chi connectivity index (χ3n) is 5.82. The number of hydrogen-bond donors (Lipinski definition) is 6. The third kappa shape index (κ3) is 5.87. The molecule has 1 aromatic carbocycles. The zero-order valence-electron chi connectivity index (χ0n) is 18.5. The Morgan fingerprint density at radius 1 is 1.21 bits per heavy atom. The number of rotatable bonds is 8. The summed E-state index contributed by atoms with van der Waals surface area (Å²) in [6, 6.07) is 7.58. The molecule has 0 saturated heterocycles. The van der Waals surface area contributed by atoms with Gasteiger partial charge in [-0.1, -0.05) is 12.1 Å². The van der Waals surface area contributed by atoms with E-state index < -0.39 is 60.5 Å². The summed E-state index contributed by atoms with van der Waals surface area (Å²) in [6.07, 6.45) is -0.939. The molecule has 7 N–H and O–H groups in total. The molecule has 1 fully saturated rings. The van der Waals surface area contributed by atoms with Crippen LogP contribution >= 0.6 is 0 Å². The summed E-state index contributed by atoms with van der Waals surface area (Å²) in [6.45, 7) is 0. The highest BCUT2D eigenvalue weighted by Crippen LogP contribution is 2.30. The Morgan fingerprint density at radius 2 is 1.91 bits per heavy atom. The normalized spacial score (nSPS) is 25.1. The quantitative estimate of drug-likeness (QED) is 0.272. The topological polar surface area (TPSA) is 184 Å². The minimum absolute atomic E-state index is 0.0630. The van der Waals surface area contributed by atoms with Crippen LogP contribution < -0.4 is 21.1 Å². The van der Waals surface area contributed by atoms with Crippen molar-refractivity contribution in [3.63, 3.8) is 0 Å². The second-order valence-electron chi connectivity index (χ2n) is 8.30. The Balaban J connectivity index is 1.71. The van der Waals surface area contributed by atoms with E-state index >= 15 is 0 Å². The summed E-state index contributed by atoms with van der Waals surface area (Å²) in [5.41, 5.74) is 4.19. The van der Waals surface area contributed by atoms with E-state index in [1.54, 1.807) is 30.3 Å². The van der Waals surface area contributed by atoms with Gasteiger partial charge in [-0.05, 0) is 29.8 Å². The zero-order valence-corrected chi connectivity index (χ0v) is 18.5. The number of pyridine rings is 1. The third-order valence-corrected chi connectivity index (χ3v) is 5.82. The lowest BCUT2D eigenvalue weighted by atomic mass is 9.77. The van der Waals surface area contributed by atoms with Crippen LogP contribution in [-0.4, -0.2) is 75.0 Å². The van der Waals surface area contributed by atoms with Crippen LogP contribution in [0.15, 0.2) is 48.8 Å². The van der Waals surface area contributed by atoms with Crippen molar-refractivity contribution in [3.05, 3.63) is 59.9 Å². The molecule has 0 bridgehead atoms. The minimum atomic E-state index is -2.17. The fourth-order valence-corrected chi connectivity index (χ4v) is 3.89. The number of hydrogen-bond acceptors (Lipinski definition) is 8. The minimum Gasteiger partial charge on any atom is -0.497 e. The van der Waals surface area contributed by atoms with E-state index in [-0.39, 0.29) is 12.0 Å². The number of nitrogens with zero attached hydrogens (tertiary/aromatic N) is 1. The van der Waals surface area contributed by atoms with E-state index in [0.29, 0.717) is 11.3 Å². The molecule has 2 aromatic rings. The Hall–Kier alpha value is -3.54. The van der Waals surface area contributed by atoms with Gasteiger partial charge in [0.2, 0.25) is 5.91 Å². The van der Waals surface area contributed by atoms with E-state index in [1.807, 2.05) is 0 Å². The number of methoxy groups -OCH3 is 1. The lowest BCUT2D eigenvalue weighted by molar-refractivity contribution is -0.159. The molecule has 11 heteroatoms. The number of benzene rings is 1. The number of primary amides is 1. The van der Waals surface area contributed by atoms with Gasteiger partial charge in [-0.2, -0.15) is 0 Å². The molecule has 0 unspecified atom stereocenters. The fraction of sp³-hybridized carbons (Fsp3) is 0.391. The molecule has 1 aliphatic carbocycles. The lowest BCUT2D eigenvalue weighted by Gasteiger charge is -2.41. The highest BCUT2D eigenvalue weighted by molar-refractivity contribution is 5.94. The first kappa shape index (κ1) is 25.1. The average molecular weight is 472 g/mol. The van der Waals surface area contributed by atoms with Gasteiger partial charge >= 0.3 is 0 Å². The molecule has 5 atom stereocenters. The maximum Gasteiger partial charge on any atom is 0.253 e. The number of amides is 3. The number of carbonyl (C=O) groups is 3. The van der Waals surface area contributed by atoms with Crippen LogP contribution in [0, 0.1) is 0 Å².